The minimum absolute atomic E-state index is 0.000291. The topological polar surface area (TPSA) is 43.7 Å². The predicted octanol–water partition coefficient (Wildman–Crippen LogP) is 4.47. The van der Waals surface area contributed by atoms with Crippen LogP contribution in [0.3, 0.4) is 0 Å². The lowest BCUT2D eigenvalue weighted by Crippen LogP contribution is -2.46. The van der Waals surface area contributed by atoms with Crippen LogP contribution in [0.5, 0.6) is 11.5 Å². The molecule has 2 aliphatic rings. The number of fused-ring (bicyclic) bond motifs is 5. The number of benzene rings is 2. The van der Waals surface area contributed by atoms with Crippen LogP contribution in [0.25, 0.3) is 0 Å². The van der Waals surface area contributed by atoms with Gasteiger partial charge in [-0.1, -0.05) is 37.1 Å². The standard InChI is InChI=1S/C22H27NO2/c1-3-4-9-23-13-16-6-5-14(2)10-17(16)22-18-12-21(25)20(24)11-15(18)7-8-19(22)23/h5-6,10-12,19,22,24-25H,3-4,7-9,13H2,1-2H3/t19-,22-/m0/s1. The predicted molar refractivity (Wildman–Crippen MR) is 100 cm³/mol. The normalized spacial score (nSPS) is 22.2. The third-order valence-electron chi connectivity index (χ3n) is 5.94. The van der Waals surface area contributed by atoms with Crippen LogP contribution >= 0.6 is 0 Å². The number of aryl methyl sites for hydroxylation is 2. The van der Waals surface area contributed by atoms with E-state index < -0.39 is 0 Å². The van der Waals surface area contributed by atoms with E-state index >= 15 is 0 Å². The van der Waals surface area contributed by atoms with E-state index in [2.05, 4.69) is 36.9 Å². The molecule has 2 atom stereocenters. The molecule has 132 valence electrons. The first-order chi connectivity index (χ1) is 12.1. The highest BCUT2D eigenvalue weighted by atomic mass is 16.3. The summed E-state index contributed by atoms with van der Waals surface area (Å²) >= 11 is 0. The highest BCUT2D eigenvalue weighted by Gasteiger charge is 2.39. The smallest absolute Gasteiger partial charge is 0.157 e. The quantitative estimate of drug-likeness (QED) is 0.812. The fraction of sp³-hybridized carbons (Fsp3) is 0.455. The highest BCUT2D eigenvalue weighted by Crippen LogP contribution is 2.47. The van der Waals surface area contributed by atoms with Crippen molar-refractivity contribution in [1.82, 2.24) is 4.90 Å². The number of phenolic OH excluding ortho intramolecular Hbond substituents is 2. The fourth-order valence-electron chi connectivity index (χ4n) is 4.68. The Balaban J connectivity index is 1.85. The monoisotopic (exact) mass is 337 g/mol. The lowest BCUT2D eigenvalue weighted by atomic mass is 9.71. The van der Waals surface area contributed by atoms with Crippen LogP contribution in [-0.2, 0) is 13.0 Å². The number of hydrogen-bond donors (Lipinski definition) is 2. The Morgan fingerprint density at radius 3 is 2.60 bits per heavy atom. The van der Waals surface area contributed by atoms with Gasteiger partial charge in [-0.3, -0.25) is 4.90 Å². The number of hydrogen-bond acceptors (Lipinski definition) is 3. The van der Waals surface area contributed by atoms with Gasteiger partial charge in [0.15, 0.2) is 11.5 Å². The summed E-state index contributed by atoms with van der Waals surface area (Å²) in [7, 11) is 0. The maximum absolute atomic E-state index is 10.1. The molecule has 2 aromatic carbocycles. The Bertz CT molecular complexity index is 799. The van der Waals surface area contributed by atoms with Gasteiger partial charge < -0.3 is 10.2 Å². The number of aromatic hydroxyl groups is 2. The van der Waals surface area contributed by atoms with Crippen molar-refractivity contribution < 1.29 is 10.2 Å². The Hall–Kier alpha value is -2.00. The Morgan fingerprint density at radius 2 is 1.80 bits per heavy atom. The lowest BCUT2D eigenvalue weighted by molar-refractivity contribution is 0.139. The van der Waals surface area contributed by atoms with Crippen LogP contribution in [0.1, 0.15) is 59.9 Å². The third kappa shape index (κ3) is 2.81. The molecular weight excluding hydrogens is 310 g/mol. The van der Waals surface area contributed by atoms with Crippen molar-refractivity contribution in [2.75, 3.05) is 6.54 Å². The van der Waals surface area contributed by atoms with Crippen LogP contribution in [0.2, 0.25) is 0 Å². The van der Waals surface area contributed by atoms with Gasteiger partial charge >= 0.3 is 0 Å². The molecule has 3 nitrogen and oxygen atoms in total. The minimum Gasteiger partial charge on any atom is -0.504 e. The summed E-state index contributed by atoms with van der Waals surface area (Å²) in [5.41, 5.74) is 6.47. The first-order valence-electron chi connectivity index (χ1n) is 9.46. The van der Waals surface area contributed by atoms with E-state index in [1.54, 1.807) is 12.1 Å². The average molecular weight is 337 g/mol. The van der Waals surface area contributed by atoms with Crippen molar-refractivity contribution in [1.29, 1.82) is 0 Å². The van der Waals surface area contributed by atoms with Crippen LogP contribution in [-0.4, -0.2) is 27.7 Å². The molecule has 2 N–H and O–H groups in total. The summed E-state index contributed by atoms with van der Waals surface area (Å²) in [6, 6.07) is 10.8. The van der Waals surface area contributed by atoms with Crippen LogP contribution in [0.4, 0.5) is 0 Å². The van der Waals surface area contributed by atoms with Crippen molar-refractivity contribution in [2.45, 2.75) is 58.0 Å². The molecule has 0 bridgehead atoms. The molecule has 0 fully saturated rings. The molecule has 0 amide bonds. The van der Waals surface area contributed by atoms with Crippen LogP contribution in [0, 0.1) is 6.92 Å². The first kappa shape index (κ1) is 16.5. The lowest BCUT2D eigenvalue weighted by Gasteiger charge is -2.46. The van der Waals surface area contributed by atoms with Crippen molar-refractivity contribution >= 4 is 0 Å². The van der Waals surface area contributed by atoms with Crippen molar-refractivity contribution in [3.05, 3.63) is 58.1 Å². The molecule has 0 aromatic heterocycles. The molecule has 1 aliphatic heterocycles. The minimum atomic E-state index is -0.000662. The molecule has 0 spiro atoms. The Labute approximate surface area is 149 Å². The zero-order valence-corrected chi connectivity index (χ0v) is 15.1. The number of phenols is 2. The second-order valence-corrected chi connectivity index (χ2v) is 7.65. The second kappa shape index (κ2) is 6.38. The number of nitrogens with zero attached hydrogens (tertiary/aromatic N) is 1. The van der Waals surface area contributed by atoms with Gasteiger partial charge in [-0.25, -0.2) is 0 Å². The van der Waals surface area contributed by atoms with E-state index in [1.165, 1.54) is 40.7 Å². The molecule has 3 heteroatoms. The van der Waals surface area contributed by atoms with E-state index in [1.807, 2.05) is 0 Å². The van der Waals surface area contributed by atoms with Gasteiger partial charge in [0.2, 0.25) is 0 Å². The number of rotatable bonds is 3. The highest BCUT2D eigenvalue weighted by molar-refractivity contribution is 5.53. The van der Waals surface area contributed by atoms with Gasteiger partial charge in [0.1, 0.15) is 0 Å². The van der Waals surface area contributed by atoms with Crippen molar-refractivity contribution in [3.8, 4) is 11.5 Å². The van der Waals surface area contributed by atoms with E-state index in [-0.39, 0.29) is 17.4 Å². The Morgan fingerprint density at radius 1 is 1.04 bits per heavy atom. The van der Waals surface area contributed by atoms with Gasteiger partial charge in [-0.15, -0.1) is 0 Å². The van der Waals surface area contributed by atoms with E-state index in [4.69, 9.17) is 0 Å². The SMILES string of the molecule is CCCCN1Cc2ccc(C)cc2[C@H]2c3cc(O)c(O)cc3CC[C@@H]21. The molecule has 0 unspecified atom stereocenters. The van der Waals surface area contributed by atoms with E-state index in [9.17, 15) is 10.2 Å². The zero-order chi connectivity index (χ0) is 17.6. The average Bonchev–Trinajstić information content (AvgIpc) is 2.60. The van der Waals surface area contributed by atoms with Gasteiger partial charge in [0.05, 0.1) is 0 Å². The number of unbranched alkanes of at least 4 members (excludes halogenated alkanes) is 1. The zero-order valence-electron chi connectivity index (χ0n) is 15.1. The summed E-state index contributed by atoms with van der Waals surface area (Å²) in [5.74, 6) is 0.287. The van der Waals surface area contributed by atoms with Gasteiger partial charge in [-0.05, 0) is 67.1 Å². The molecule has 1 aliphatic carbocycles. The van der Waals surface area contributed by atoms with Gasteiger partial charge in [-0.2, -0.15) is 0 Å². The van der Waals surface area contributed by atoms with E-state index in [0.29, 0.717) is 6.04 Å². The second-order valence-electron chi connectivity index (χ2n) is 7.65. The third-order valence-corrected chi connectivity index (χ3v) is 5.94. The Kier molecular flexibility index (Phi) is 4.20. The molecular formula is C22H27NO2. The molecule has 0 saturated carbocycles. The molecule has 0 saturated heterocycles. The fourth-order valence-corrected chi connectivity index (χ4v) is 4.68. The molecule has 0 radical (unpaired) electrons. The first-order valence-corrected chi connectivity index (χ1v) is 9.46. The molecule has 1 heterocycles. The molecule has 4 rings (SSSR count). The van der Waals surface area contributed by atoms with Gasteiger partial charge in [0.25, 0.3) is 0 Å². The molecule has 2 aromatic rings. The maximum Gasteiger partial charge on any atom is 0.157 e. The summed E-state index contributed by atoms with van der Waals surface area (Å²) in [4.78, 5) is 2.64. The summed E-state index contributed by atoms with van der Waals surface area (Å²) in [5, 5.41) is 20.0. The summed E-state index contributed by atoms with van der Waals surface area (Å²) in [6.45, 7) is 6.55. The van der Waals surface area contributed by atoms with E-state index in [0.717, 1.165) is 25.9 Å². The summed E-state index contributed by atoms with van der Waals surface area (Å²) in [6.07, 6.45) is 4.51. The largest absolute Gasteiger partial charge is 0.504 e. The van der Waals surface area contributed by atoms with Crippen molar-refractivity contribution in [2.24, 2.45) is 0 Å². The van der Waals surface area contributed by atoms with Crippen molar-refractivity contribution in [3.63, 3.8) is 0 Å². The van der Waals surface area contributed by atoms with Crippen LogP contribution < -0.4 is 0 Å². The van der Waals surface area contributed by atoms with Crippen LogP contribution in [0.15, 0.2) is 30.3 Å². The summed E-state index contributed by atoms with van der Waals surface area (Å²) < 4.78 is 0. The van der Waals surface area contributed by atoms with Gasteiger partial charge in [0, 0.05) is 18.5 Å². The maximum atomic E-state index is 10.1. The molecule has 25 heavy (non-hydrogen) atoms.